The van der Waals surface area contributed by atoms with Crippen molar-refractivity contribution in [2.45, 2.75) is 9.79 Å². The number of hydrogen-bond acceptors (Lipinski definition) is 3. The molecule has 0 bridgehead atoms. The van der Waals surface area contributed by atoms with Gasteiger partial charge in [-0.3, -0.25) is 9.59 Å². The van der Waals surface area contributed by atoms with Crippen LogP contribution in [0.3, 0.4) is 0 Å². The summed E-state index contributed by atoms with van der Waals surface area (Å²) in [6.07, 6.45) is 0. The van der Waals surface area contributed by atoms with Gasteiger partial charge in [0.15, 0.2) is 16.4 Å². The van der Waals surface area contributed by atoms with Crippen LogP contribution in [0.25, 0.3) is 0 Å². The summed E-state index contributed by atoms with van der Waals surface area (Å²) >= 11 is 4.54. The number of rotatable bonds is 7. The summed E-state index contributed by atoms with van der Waals surface area (Å²) < 4.78 is 0. The number of thiol groups is 1. The van der Waals surface area contributed by atoms with Crippen LogP contribution < -0.4 is 0 Å². The maximum atomic E-state index is 12.7. The molecule has 0 aliphatic heterocycles. The summed E-state index contributed by atoms with van der Waals surface area (Å²) in [5.74, 6) is 0.707. The van der Waals surface area contributed by atoms with Crippen molar-refractivity contribution in [1.29, 1.82) is 0 Å². The second kappa shape index (κ2) is 8.88. The Kier molecular flexibility index (Phi) is 6.31. The molecule has 0 N–H and O–H groups in total. The van der Waals surface area contributed by atoms with E-state index >= 15 is 0 Å². The average Bonchev–Trinajstić information content (AvgIpc) is 2.69. The molecule has 2 nitrogen and oxygen atoms in total. The van der Waals surface area contributed by atoms with Gasteiger partial charge in [-0.15, -0.1) is 12.6 Å². The minimum atomic E-state index is -0.536. The Labute approximate surface area is 162 Å². The monoisotopic (exact) mass is 379 g/mol. The summed E-state index contributed by atoms with van der Waals surface area (Å²) in [5, 5.41) is 0. The first-order chi connectivity index (χ1) is 12.6. The standard InChI is InChI=1S/C22H18O2S2/c23-19(17-9-3-1-4-10-17)15-26(22-14-8-7-13-21(22)25)16-20(24)18-11-5-2-6-12-18/h1-14H,15-16H2/p+1. The van der Waals surface area contributed by atoms with Crippen LogP contribution in [0.5, 0.6) is 0 Å². The largest absolute Gasteiger partial charge is 0.289 e. The first kappa shape index (κ1) is 18.5. The number of carbonyl (C=O) groups is 2. The maximum Gasteiger partial charge on any atom is 0.212 e. The maximum absolute atomic E-state index is 12.7. The van der Waals surface area contributed by atoms with Gasteiger partial charge in [-0.2, -0.15) is 0 Å². The number of ketones is 2. The van der Waals surface area contributed by atoms with E-state index in [9.17, 15) is 9.59 Å². The molecule has 0 aliphatic rings. The molecule has 0 aromatic heterocycles. The van der Waals surface area contributed by atoms with Crippen LogP contribution in [0.1, 0.15) is 20.7 Å². The normalized spacial score (nSPS) is 10.7. The van der Waals surface area contributed by atoms with Gasteiger partial charge in [0.2, 0.25) is 11.6 Å². The highest BCUT2D eigenvalue weighted by Crippen LogP contribution is 2.24. The van der Waals surface area contributed by atoms with Gasteiger partial charge in [0.1, 0.15) is 0 Å². The second-order valence-corrected chi connectivity index (χ2v) is 8.31. The van der Waals surface area contributed by atoms with Gasteiger partial charge in [-0.25, -0.2) is 0 Å². The third-order valence-electron chi connectivity index (χ3n) is 3.98. The Morgan fingerprint density at radius 1 is 0.654 bits per heavy atom. The molecule has 0 aliphatic carbocycles. The molecule has 0 saturated heterocycles. The van der Waals surface area contributed by atoms with Gasteiger partial charge < -0.3 is 0 Å². The van der Waals surface area contributed by atoms with E-state index in [0.29, 0.717) is 22.6 Å². The number of hydrogen-bond donors (Lipinski definition) is 1. The summed E-state index contributed by atoms with van der Waals surface area (Å²) in [7, 11) is -0.536. The SMILES string of the molecule is O=C(C[S+](CC(=O)c1ccccc1)c1ccccc1S)c1ccccc1. The first-order valence-electron chi connectivity index (χ1n) is 8.27. The predicted octanol–water partition coefficient (Wildman–Crippen LogP) is 4.72. The Morgan fingerprint density at radius 2 is 1.08 bits per heavy atom. The van der Waals surface area contributed by atoms with Crippen LogP contribution in [0, 0.1) is 0 Å². The van der Waals surface area contributed by atoms with Gasteiger partial charge in [-0.1, -0.05) is 72.8 Å². The van der Waals surface area contributed by atoms with Crippen molar-refractivity contribution in [1.82, 2.24) is 0 Å². The quantitative estimate of drug-likeness (QED) is 0.366. The van der Waals surface area contributed by atoms with Crippen LogP contribution in [0.4, 0.5) is 0 Å². The summed E-state index contributed by atoms with van der Waals surface area (Å²) in [5.41, 5.74) is 1.35. The van der Waals surface area contributed by atoms with Crippen LogP contribution in [-0.4, -0.2) is 23.1 Å². The second-order valence-electron chi connectivity index (χ2n) is 5.83. The third kappa shape index (κ3) is 4.65. The summed E-state index contributed by atoms with van der Waals surface area (Å²) in [6, 6.07) is 26.1. The molecule has 0 radical (unpaired) electrons. The van der Waals surface area contributed by atoms with Crippen molar-refractivity contribution in [2.24, 2.45) is 0 Å². The van der Waals surface area contributed by atoms with Gasteiger partial charge >= 0.3 is 0 Å². The highest BCUT2D eigenvalue weighted by atomic mass is 32.2. The molecule has 0 fully saturated rings. The van der Waals surface area contributed by atoms with Gasteiger partial charge in [-0.05, 0) is 12.1 Å². The van der Waals surface area contributed by atoms with Crippen molar-refractivity contribution < 1.29 is 9.59 Å². The summed E-state index contributed by atoms with van der Waals surface area (Å²) in [4.78, 5) is 27.2. The van der Waals surface area contributed by atoms with Crippen LogP contribution >= 0.6 is 12.6 Å². The Bertz CT molecular complexity index is 839. The molecule has 4 heteroatoms. The van der Waals surface area contributed by atoms with E-state index in [-0.39, 0.29) is 11.6 Å². The minimum absolute atomic E-state index is 0.0476. The van der Waals surface area contributed by atoms with E-state index in [1.807, 2.05) is 84.9 Å². The predicted molar refractivity (Wildman–Crippen MR) is 111 cm³/mol. The fourth-order valence-corrected chi connectivity index (χ4v) is 5.20. The molecule has 3 aromatic rings. The van der Waals surface area contributed by atoms with E-state index < -0.39 is 10.9 Å². The van der Waals surface area contributed by atoms with E-state index in [1.54, 1.807) is 0 Å². The number of carbonyl (C=O) groups excluding carboxylic acids is 2. The van der Waals surface area contributed by atoms with E-state index in [4.69, 9.17) is 0 Å². The lowest BCUT2D eigenvalue weighted by Crippen LogP contribution is -2.25. The highest BCUT2D eigenvalue weighted by molar-refractivity contribution is 7.98. The van der Waals surface area contributed by atoms with Crippen LogP contribution in [0.2, 0.25) is 0 Å². The molecular formula is C22H19O2S2+. The lowest BCUT2D eigenvalue weighted by molar-refractivity contribution is 0.102. The molecule has 0 unspecified atom stereocenters. The van der Waals surface area contributed by atoms with E-state index in [1.165, 1.54) is 0 Å². The fraction of sp³-hybridized carbons (Fsp3) is 0.0909. The van der Waals surface area contributed by atoms with E-state index in [2.05, 4.69) is 12.6 Å². The van der Waals surface area contributed by atoms with Gasteiger partial charge in [0, 0.05) is 22.0 Å². The molecule has 130 valence electrons. The fourth-order valence-electron chi connectivity index (χ4n) is 2.64. The number of benzene rings is 3. The van der Waals surface area contributed by atoms with Crippen LogP contribution in [-0.2, 0) is 10.9 Å². The minimum Gasteiger partial charge on any atom is -0.289 e. The average molecular weight is 380 g/mol. The topological polar surface area (TPSA) is 34.1 Å². The van der Waals surface area contributed by atoms with Gasteiger partial charge in [0.05, 0.1) is 4.90 Å². The zero-order valence-electron chi connectivity index (χ0n) is 14.2. The van der Waals surface area contributed by atoms with E-state index in [0.717, 1.165) is 9.79 Å². The molecule has 3 rings (SSSR count). The molecule has 26 heavy (non-hydrogen) atoms. The molecular weight excluding hydrogens is 360 g/mol. The molecule has 0 heterocycles. The first-order valence-corrected chi connectivity index (χ1v) is 10.3. The highest BCUT2D eigenvalue weighted by Gasteiger charge is 2.31. The molecule has 0 spiro atoms. The van der Waals surface area contributed by atoms with Crippen molar-refractivity contribution >= 4 is 35.1 Å². The van der Waals surface area contributed by atoms with Crippen molar-refractivity contribution in [3.63, 3.8) is 0 Å². The molecule has 0 saturated carbocycles. The lowest BCUT2D eigenvalue weighted by Gasteiger charge is -2.10. The third-order valence-corrected chi connectivity index (χ3v) is 6.72. The molecule has 0 amide bonds. The van der Waals surface area contributed by atoms with Gasteiger partial charge in [0.25, 0.3) is 0 Å². The zero-order chi connectivity index (χ0) is 18.4. The Hall–Kier alpha value is -2.30. The van der Waals surface area contributed by atoms with Crippen LogP contribution in [0.15, 0.2) is 94.7 Å². The van der Waals surface area contributed by atoms with Crippen molar-refractivity contribution in [2.75, 3.05) is 11.5 Å². The molecule has 3 aromatic carbocycles. The smallest absolute Gasteiger partial charge is 0.212 e. The Balaban J connectivity index is 1.86. The number of Topliss-reactive ketones (excluding diaryl/α,β-unsaturated/α-hetero) is 2. The zero-order valence-corrected chi connectivity index (χ0v) is 15.9. The van der Waals surface area contributed by atoms with Crippen molar-refractivity contribution in [3.8, 4) is 0 Å². The van der Waals surface area contributed by atoms with Crippen molar-refractivity contribution in [3.05, 3.63) is 96.1 Å². The lowest BCUT2D eigenvalue weighted by atomic mass is 10.1. The summed E-state index contributed by atoms with van der Waals surface area (Å²) in [6.45, 7) is 0. The Morgan fingerprint density at radius 3 is 1.54 bits per heavy atom. The molecule has 0 atom stereocenters.